The molecule has 1 fully saturated rings. The zero-order valence-electron chi connectivity index (χ0n) is 18.0. The van der Waals surface area contributed by atoms with Crippen LogP contribution in [-0.2, 0) is 20.7 Å². The third kappa shape index (κ3) is 5.23. The van der Waals surface area contributed by atoms with Gasteiger partial charge in [-0.3, -0.25) is 9.69 Å². The number of halogens is 1. The van der Waals surface area contributed by atoms with Crippen LogP contribution in [0.1, 0.15) is 5.56 Å². The Morgan fingerprint density at radius 2 is 1.91 bits per heavy atom. The molecule has 0 saturated carbocycles. The molecule has 2 N–H and O–H groups in total. The third-order valence-corrected chi connectivity index (χ3v) is 6.07. The van der Waals surface area contributed by atoms with Crippen molar-refractivity contribution < 1.29 is 14.3 Å². The summed E-state index contributed by atoms with van der Waals surface area (Å²) in [4.78, 5) is 32.6. The maximum Gasteiger partial charge on any atom is 0.328 e. The third-order valence-electron chi connectivity index (χ3n) is 5.83. The molecule has 7 nitrogen and oxygen atoms in total. The second kappa shape index (κ2) is 10.1. The van der Waals surface area contributed by atoms with Gasteiger partial charge in [0.15, 0.2) is 0 Å². The maximum absolute atomic E-state index is 12.7. The van der Waals surface area contributed by atoms with Crippen LogP contribution in [0.2, 0.25) is 5.02 Å². The number of nitrogens with zero attached hydrogens (tertiary/aromatic N) is 2. The van der Waals surface area contributed by atoms with E-state index in [0.29, 0.717) is 11.4 Å². The van der Waals surface area contributed by atoms with E-state index in [0.717, 1.165) is 48.3 Å². The van der Waals surface area contributed by atoms with E-state index in [1.807, 2.05) is 54.7 Å². The summed E-state index contributed by atoms with van der Waals surface area (Å²) in [5, 5.41) is 4.62. The monoisotopic (exact) mass is 454 g/mol. The topological polar surface area (TPSA) is 77.7 Å². The minimum Gasteiger partial charge on any atom is -0.467 e. The van der Waals surface area contributed by atoms with Crippen molar-refractivity contribution in [2.24, 2.45) is 0 Å². The summed E-state index contributed by atoms with van der Waals surface area (Å²) < 4.78 is 4.94. The average molecular weight is 455 g/mol. The van der Waals surface area contributed by atoms with Gasteiger partial charge in [0.05, 0.1) is 13.7 Å². The standard InChI is InChI=1S/C24H27ClN4O3/c1-32-24(31)22(13-17-15-26-21-8-3-2-7-20(17)21)27-23(30)16-28-9-11-29(12-10-28)19-6-4-5-18(25)14-19/h2-8,14-15,22,26H,9-13,16H2,1H3,(H,27,30)/t22-/m1/s1. The quantitative estimate of drug-likeness (QED) is 0.537. The van der Waals surface area contributed by atoms with Crippen molar-refractivity contribution in [1.29, 1.82) is 0 Å². The van der Waals surface area contributed by atoms with Crippen molar-refractivity contribution in [3.63, 3.8) is 0 Å². The van der Waals surface area contributed by atoms with Gasteiger partial charge in [-0.1, -0.05) is 35.9 Å². The van der Waals surface area contributed by atoms with Crippen LogP contribution in [0.15, 0.2) is 54.7 Å². The van der Waals surface area contributed by atoms with E-state index in [9.17, 15) is 9.59 Å². The van der Waals surface area contributed by atoms with Crippen molar-refractivity contribution in [1.82, 2.24) is 15.2 Å². The van der Waals surface area contributed by atoms with Crippen LogP contribution in [0, 0.1) is 0 Å². The van der Waals surface area contributed by atoms with Gasteiger partial charge >= 0.3 is 5.97 Å². The molecule has 8 heteroatoms. The molecule has 4 rings (SSSR count). The number of aromatic nitrogens is 1. The molecule has 2 heterocycles. The van der Waals surface area contributed by atoms with Gasteiger partial charge in [-0.25, -0.2) is 4.79 Å². The van der Waals surface area contributed by atoms with Gasteiger partial charge in [0.1, 0.15) is 6.04 Å². The molecule has 0 unspecified atom stereocenters. The SMILES string of the molecule is COC(=O)[C@@H](Cc1c[nH]c2ccccc12)NC(=O)CN1CCN(c2cccc(Cl)c2)CC1. The highest BCUT2D eigenvalue weighted by Crippen LogP contribution is 2.21. The number of esters is 1. The van der Waals surface area contributed by atoms with Crippen LogP contribution in [0.3, 0.4) is 0 Å². The summed E-state index contributed by atoms with van der Waals surface area (Å²) in [6.45, 7) is 3.37. The number of nitrogens with one attached hydrogen (secondary N) is 2. The number of methoxy groups -OCH3 is 1. The van der Waals surface area contributed by atoms with Crippen LogP contribution >= 0.6 is 11.6 Å². The number of anilines is 1. The fraction of sp³-hybridized carbons (Fsp3) is 0.333. The van der Waals surface area contributed by atoms with Gasteiger partial charge in [0, 0.05) is 60.4 Å². The molecule has 32 heavy (non-hydrogen) atoms. The van der Waals surface area contributed by atoms with E-state index >= 15 is 0 Å². The van der Waals surface area contributed by atoms with Gasteiger partial charge in [-0.2, -0.15) is 0 Å². The van der Waals surface area contributed by atoms with Crippen molar-refractivity contribution in [2.45, 2.75) is 12.5 Å². The first kappa shape index (κ1) is 22.2. The van der Waals surface area contributed by atoms with Crippen LogP contribution in [0.4, 0.5) is 5.69 Å². The number of hydrogen-bond donors (Lipinski definition) is 2. The number of carbonyl (C=O) groups is 2. The second-order valence-corrected chi connectivity index (χ2v) is 8.39. The molecule has 1 saturated heterocycles. The molecule has 0 spiro atoms. The fourth-order valence-corrected chi connectivity index (χ4v) is 4.32. The van der Waals surface area contributed by atoms with E-state index in [-0.39, 0.29) is 12.5 Å². The van der Waals surface area contributed by atoms with Gasteiger partial charge in [0.25, 0.3) is 0 Å². The molecule has 0 aliphatic carbocycles. The number of aromatic amines is 1. The first-order chi connectivity index (χ1) is 15.5. The summed E-state index contributed by atoms with van der Waals surface area (Å²) >= 11 is 6.10. The molecule has 1 atom stereocenters. The largest absolute Gasteiger partial charge is 0.467 e. The Labute approximate surface area is 192 Å². The minimum absolute atomic E-state index is 0.184. The zero-order valence-corrected chi connectivity index (χ0v) is 18.8. The molecule has 0 radical (unpaired) electrons. The number of amides is 1. The van der Waals surface area contributed by atoms with Crippen LogP contribution in [0.25, 0.3) is 10.9 Å². The minimum atomic E-state index is -0.737. The molecule has 1 aliphatic heterocycles. The number of ether oxygens (including phenoxy) is 1. The van der Waals surface area contributed by atoms with E-state index in [2.05, 4.69) is 20.1 Å². The summed E-state index contributed by atoms with van der Waals surface area (Å²) in [7, 11) is 1.34. The van der Waals surface area contributed by atoms with E-state index in [1.54, 1.807) is 0 Å². The Morgan fingerprint density at radius 1 is 1.12 bits per heavy atom. The van der Waals surface area contributed by atoms with Gasteiger partial charge in [-0.15, -0.1) is 0 Å². The molecule has 1 aliphatic rings. The van der Waals surface area contributed by atoms with E-state index < -0.39 is 12.0 Å². The highest BCUT2D eigenvalue weighted by atomic mass is 35.5. The normalized spacial score (nSPS) is 15.5. The van der Waals surface area contributed by atoms with Crippen LogP contribution in [0.5, 0.6) is 0 Å². The number of hydrogen-bond acceptors (Lipinski definition) is 5. The Hall–Kier alpha value is -3.03. The van der Waals surface area contributed by atoms with E-state index in [1.165, 1.54) is 7.11 Å². The Kier molecular flexibility index (Phi) is 6.97. The summed E-state index contributed by atoms with van der Waals surface area (Å²) in [5.41, 5.74) is 3.05. The highest BCUT2D eigenvalue weighted by Gasteiger charge is 2.25. The Balaban J connectivity index is 1.33. The smallest absolute Gasteiger partial charge is 0.328 e. The Morgan fingerprint density at radius 3 is 2.66 bits per heavy atom. The van der Waals surface area contributed by atoms with Crippen molar-refractivity contribution in [2.75, 3.05) is 44.7 Å². The molecular weight excluding hydrogens is 428 g/mol. The molecular formula is C24H27ClN4O3. The lowest BCUT2D eigenvalue weighted by Gasteiger charge is -2.36. The molecule has 1 aromatic heterocycles. The molecule has 3 aromatic rings. The second-order valence-electron chi connectivity index (χ2n) is 7.95. The summed E-state index contributed by atoms with van der Waals surface area (Å²) in [6, 6.07) is 14.9. The lowest BCUT2D eigenvalue weighted by atomic mass is 10.0. The zero-order chi connectivity index (χ0) is 22.5. The maximum atomic E-state index is 12.7. The molecule has 168 valence electrons. The number of carbonyl (C=O) groups excluding carboxylic acids is 2. The first-order valence-electron chi connectivity index (χ1n) is 10.7. The van der Waals surface area contributed by atoms with E-state index in [4.69, 9.17) is 16.3 Å². The predicted molar refractivity (Wildman–Crippen MR) is 126 cm³/mol. The summed E-state index contributed by atoms with van der Waals surface area (Å²) in [5.74, 6) is -0.633. The van der Waals surface area contributed by atoms with Crippen molar-refractivity contribution in [3.8, 4) is 0 Å². The highest BCUT2D eigenvalue weighted by molar-refractivity contribution is 6.30. The number of fused-ring (bicyclic) bond motifs is 1. The lowest BCUT2D eigenvalue weighted by molar-refractivity contribution is -0.145. The lowest BCUT2D eigenvalue weighted by Crippen LogP contribution is -2.52. The molecule has 1 amide bonds. The molecule has 2 aromatic carbocycles. The molecule has 0 bridgehead atoms. The van der Waals surface area contributed by atoms with Crippen molar-refractivity contribution >= 4 is 40.1 Å². The Bertz CT molecular complexity index is 1090. The number of H-pyrrole nitrogens is 1. The average Bonchev–Trinajstić information content (AvgIpc) is 3.21. The number of benzene rings is 2. The summed E-state index contributed by atoms with van der Waals surface area (Å²) in [6.07, 6.45) is 2.24. The van der Waals surface area contributed by atoms with Crippen LogP contribution < -0.4 is 10.2 Å². The fourth-order valence-electron chi connectivity index (χ4n) is 4.14. The predicted octanol–water partition coefficient (Wildman–Crippen LogP) is 2.84. The van der Waals surface area contributed by atoms with Crippen LogP contribution in [-0.4, -0.2) is 67.6 Å². The van der Waals surface area contributed by atoms with Gasteiger partial charge < -0.3 is 19.9 Å². The van der Waals surface area contributed by atoms with Crippen molar-refractivity contribution in [3.05, 3.63) is 65.3 Å². The number of piperazine rings is 1. The number of rotatable bonds is 7. The van der Waals surface area contributed by atoms with Gasteiger partial charge in [-0.05, 0) is 29.8 Å². The van der Waals surface area contributed by atoms with Gasteiger partial charge in [0.2, 0.25) is 5.91 Å². The first-order valence-corrected chi connectivity index (χ1v) is 11.1. The number of para-hydroxylation sites is 1.